The second-order valence-corrected chi connectivity index (χ2v) is 4.62. The molecule has 0 aliphatic heterocycles. The number of hydrogen-bond acceptors (Lipinski definition) is 5. The van der Waals surface area contributed by atoms with Gasteiger partial charge >= 0.3 is 6.09 Å². The molecule has 24 heavy (non-hydrogen) atoms. The van der Waals surface area contributed by atoms with Crippen molar-refractivity contribution in [3.8, 4) is 11.5 Å². The topological polar surface area (TPSA) is 119 Å². The molecule has 0 aromatic heterocycles. The summed E-state index contributed by atoms with van der Waals surface area (Å²) in [5.74, 6) is 0.620. The molecule has 0 bridgehead atoms. The van der Waals surface area contributed by atoms with E-state index in [4.69, 9.17) is 19.4 Å². The van der Waals surface area contributed by atoms with Crippen LogP contribution < -0.4 is 15.2 Å². The molecule has 4 N–H and O–H groups in total. The number of carbonyl (C=O) groups is 2. The second kappa shape index (κ2) is 9.16. The summed E-state index contributed by atoms with van der Waals surface area (Å²) in [5, 5.41) is 17.3. The van der Waals surface area contributed by atoms with Gasteiger partial charge in [0.15, 0.2) is 5.78 Å². The van der Waals surface area contributed by atoms with Gasteiger partial charge in [-0.1, -0.05) is 30.3 Å². The van der Waals surface area contributed by atoms with Gasteiger partial charge in [-0.2, -0.15) is 0 Å². The van der Waals surface area contributed by atoms with Gasteiger partial charge in [0, 0.05) is 11.6 Å². The van der Waals surface area contributed by atoms with Crippen LogP contribution in [0.25, 0.3) is 0 Å². The number of rotatable bonds is 5. The molecule has 7 nitrogen and oxygen atoms in total. The van der Waals surface area contributed by atoms with E-state index in [-0.39, 0.29) is 0 Å². The largest absolute Gasteiger partial charge is 0.497 e. The van der Waals surface area contributed by atoms with E-state index in [2.05, 4.69) is 5.73 Å². The van der Waals surface area contributed by atoms with Crippen molar-refractivity contribution in [1.29, 1.82) is 0 Å². The average molecular weight is 333 g/mol. The van der Waals surface area contributed by atoms with E-state index in [1.807, 2.05) is 6.07 Å². The van der Waals surface area contributed by atoms with Crippen LogP contribution in [0.5, 0.6) is 11.5 Å². The van der Waals surface area contributed by atoms with Crippen molar-refractivity contribution in [3.05, 3.63) is 59.7 Å². The third-order valence-corrected chi connectivity index (χ3v) is 3.00. The highest BCUT2D eigenvalue weighted by Crippen LogP contribution is 2.26. The number of aliphatic hydroxyl groups is 1. The van der Waals surface area contributed by atoms with Gasteiger partial charge < -0.3 is 25.4 Å². The second-order valence-electron chi connectivity index (χ2n) is 4.62. The van der Waals surface area contributed by atoms with Crippen molar-refractivity contribution in [1.82, 2.24) is 0 Å². The summed E-state index contributed by atoms with van der Waals surface area (Å²) in [4.78, 5) is 21.1. The first-order valence-electron chi connectivity index (χ1n) is 6.87. The van der Waals surface area contributed by atoms with E-state index in [0.717, 1.165) is 0 Å². The normalized spacial score (nSPS) is 10.8. The lowest BCUT2D eigenvalue weighted by molar-refractivity contribution is 0.0747. The fraction of sp³-hybridized carbons (Fsp3) is 0.176. The van der Waals surface area contributed by atoms with E-state index >= 15 is 0 Å². The van der Waals surface area contributed by atoms with Crippen LogP contribution in [0.2, 0.25) is 0 Å². The molecule has 2 rings (SSSR count). The number of carbonyl (C=O) groups excluding carboxylic acids is 1. The third-order valence-electron chi connectivity index (χ3n) is 3.00. The maximum atomic E-state index is 12.3. The van der Waals surface area contributed by atoms with Gasteiger partial charge in [0.05, 0.1) is 14.2 Å². The summed E-state index contributed by atoms with van der Waals surface area (Å²) >= 11 is 0. The SMILES string of the molecule is COc1cc(OC)cc(C(=O)C(O)c2ccccc2)c1.NC(=O)O. The van der Waals surface area contributed by atoms with Crippen molar-refractivity contribution in [2.45, 2.75) is 6.10 Å². The highest BCUT2D eigenvalue weighted by molar-refractivity contribution is 6.00. The summed E-state index contributed by atoms with van der Waals surface area (Å²) in [6.45, 7) is 0. The first-order chi connectivity index (χ1) is 11.4. The first-order valence-corrected chi connectivity index (χ1v) is 6.87. The quantitative estimate of drug-likeness (QED) is 0.722. The first kappa shape index (κ1) is 19.0. The van der Waals surface area contributed by atoms with Crippen LogP contribution in [0.3, 0.4) is 0 Å². The van der Waals surface area contributed by atoms with Crippen molar-refractivity contribution in [2.24, 2.45) is 5.73 Å². The molecule has 0 fully saturated rings. The van der Waals surface area contributed by atoms with Gasteiger partial charge in [-0.05, 0) is 17.7 Å². The number of ether oxygens (including phenoxy) is 2. The van der Waals surface area contributed by atoms with E-state index < -0.39 is 18.0 Å². The van der Waals surface area contributed by atoms with Gasteiger partial charge in [0.1, 0.15) is 17.6 Å². The number of nitrogens with two attached hydrogens (primary N) is 1. The molecule has 0 saturated carbocycles. The summed E-state index contributed by atoms with van der Waals surface area (Å²) < 4.78 is 10.2. The predicted octanol–water partition coefficient (Wildman–Crippen LogP) is 2.24. The highest BCUT2D eigenvalue weighted by Gasteiger charge is 2.20. The Labute approximate surface area is 139 Å². The highest BCUT2D eigenvalue weighted by atomic mass is 16.5. The van der Waals surface area contributed by atoms with E-state index in [1.165, 1.54) is 14.2 Å². The number of carboxylic acid groups (broad SMARTS) is 1. The lowest BCUT2D eigenvalue weighted by atomic mass is 9.99. The molecule has 1 amide bonds. The van der Waals surface area contributed by atoms with Crippen molar-refractivity contribution in [2.75, 3.05) is 14.2 Å². The molecular weight excluding hydrogens is 314 g/mol. The summed E-state index contributed by atoms with van der Waals surface area (Å²) in [6, 6.07) is 13.6. The molecule has 1 atom stereocenters. The van der Waals surface area contributed by atoms with Crippen LogP contribution >= 0.6 is 0 Å². The summed E-state index contributed by atoms with van der Waals surface area (Å²) in [5.41, 5.74) is 4.93. The zero-order chi connectivity index (χ0) is 18.1. The van der Waals surface area contributed by atoms with Crippen molar-refractivity contribution in [3.63, 3.8) is 0 Å². The van der Waals surface area contributed by atoms with Crippen LogP contribution in [0.15, 0.2) is 48.5 Å². The van der Waals surface area contributed by atoms with Crippen LogP contribution in [-0.2, 0) is 0 Å². The minimum absolute atomic E-state index is 0.345. The number of aliphatic hydroxyl groups excluding tert-OH is 1. The molecule has 2 aromatic rings. The van der Waals surface area contributed by atoms with Crippen molar-refractivity contribution < 1.29 is 29.3 Å². The molecule has 1 unspecified atom stereocenters. The molecule has 0 spiro atoms. The standard InChI is InChI=1S/C16H16O4.CH3NO2/c1-19-13-8-12(9-14(10-13)20-2)16(18)15(17)11-6-4-3-5-7-11;2-1(3)4/h3-10,15,17H,1-2H3;2H2,(H,3,4). The zero-order valence-corrected chi connectivity index (χ0v) is 13.3. The maximum absolute atomic E-state index is 12.3. The smallest absolute Gasteiger partial charge is 0.402 e. The van der Waals surface area contributed by atoms with E-state index in [9.17, 15) is 9.90 Å². The van der Waals surface area contributed by atoms with Gasteiger partial charge in [-0.3, -0.25) is 4.79 Å². The Morgan fingerprint density at radius 1 is 1.00 bits per heavy atom. The van der Waals surface area contributed by atoms with Crippen LogP contribution in [0.4, 0.5) is 4.79 Å². The minimum Gasteiger partial charge on any atom is -0.497 e. The Kier molecular flexibility index (Phi) is 7.25. The van der Waals surface area contributed by atoms with Crippen LogP contribution in [0.1, 0.15) is 22.0 Å². The maximum Gasteiger partial charge on any atom is 0.402 e. The number of ketones is 1. The number of amides is 1. The third kappa shape index (κ3) is 5.62. The lowest BCUT2D eigenvalue weighted by Crippen LogP contribution is -2.12. The number of primary amides is 1. The lowest BCUT2D eigenvalue weighted by Gasteiger charge is -2.12. The van der Waals surface area contributed by atoms with Gasteiger partial charge in [-0.25, -0.2) is 4.79 Å². The Balaban J connectivity index is 0.000000648. The Bertz CT molecular complexity index is 660. The predicted molar refractivity (Wildman–Crippen MR) is 87.5 cm³/mol. The van der Waals surface area contributed by atoms with E-state index in [1.54, 1.807) is 42.5 Å². The molecule has 2 aromatic carbocycles. The Morgan fingerprint density at radius 3 is 1.88 bits per heavy atom. The molecule has 0 heterocycles. The van der Waals surface area contributed by atoms with Crippen LogP contribution in [0, 0.1) is 0 Å². The monoisotopic (exact) mass is 333 g/mol. The molecule has 0 aliphatic rings. The number of methoxy groups -OCH3 is 2. The molecule has 0 aliphatic carbocycles. The average Bonchev–Trinajstić information content (AvgIpc) is 2.60. The van der Waals surface area contributed by atoms with Crippen LogP contribution in [-0.4, -0.2) is 36.3 Å². The summed E-state index contributed by atoms with van der Waals surface area (Å²) in [7, 11) is 3.02. The molecule has 0 saturated heterocycles. The molecule has 7 heteroatoms. The molecule has 0 radical (unpaired) electrons. The fourth-order valence-corrected chi connectivity index (χ4v) is 1.89. The van der Waals surface area contributed by atoms with Crippen molar-refractivity contribution >= 4 is 11.9 Å². The van der Waals surface area contributed by atoms with Gasteiger partial charge in [0.25, 0.3) is 0 Å². The fourth-order valence-electron chi connectivity index (χ4n) is 1.89. The Morgan fingerprint density at radius 2 is 1.46 bits per heavy atom. The van der Waals surface area contributed by atoms with Gasteiger partial charge in [-0.15, -0.1) is 0 Å². The van der Waals surface area contributed by atoms with Gasteiger partial charge in [0.2, 0.25) is 0 Å². The number of benzene rings is 2. The molecule has 128 valence electrons. The zero-order valence-electron chi connectivity index (χ0n) is 13.3. The summed E-state index contributed by atoms with van der Waals surface area (Å²) in [6.07, 6.45) is -2.53. The Hall–Kier alpha value is -3.06. The number of hydrogen-bond donors (Lipinski definition) is 3. The minimum atomic E-state index is -1.33. The molecular formula is C17H19NO6. The number of Topliss-reactive ketones (excluding diaryl/α,β-unsaturated/α-hetero) is 1. The van der Waals surface area contributed by atoms with E-state index in [0.29, 0.717) is 22.6 Å².